The maximum absolute atomic E-state index is 13.3. The standard InChI is InChI=1S/C23H27N3O3S/c1-2-29-19-10-6-11-20-21(19)24-23(30-20)26(22(27)18-8-4-3-5-9-18)13-7-12-25-14-16-28-17-15-25/h3-6,8-11H,2,7,12-17H2,1H3. The molecule has 0 aliphatic carbocycles. The van der Waals surface area contributed by atoms with Crippen LogP contribution >= 0.6 is 11.3 Å². The predicted octanol–water partition coefficient (Wildman–Crippen LogP) is 4.06. The van der Waals surface area contributed by atoms with E-state index >= 15 is 0 Å². The Balaban J connectivity index is 1.58. The van der Waals surface area contributed by atoms with Gasteiger partial charge in [0.2, 0.25) is 0 Å². The smallest absolute Gasteiger partial charge is 0.260 e. The summed E-state index contributed by atoms with van der Waals surface area (Å²) < 4.78 is 12.2. The highest BCUT2D eigenvalue weighted by Gasteiger charge is 2.22. The van der Waals surface area contributed by atoms with Crippen molar-refractivity contribution in [3.05, 3.63) is 54.1 Å². The Hall–Kier alpha value is -2.48. The molecule has 6 nitrogen and oxygen atoms in total. The number of amides is 1. The maximum atomic E-state index is 13.3. The number of rotatable bonds is 8. The molecule has 0 spiro atoms. The van der Waals surface area contributed by atoms with E-state index in [0.717, 1.165) is 55.2 Å². The summed E-state index contributed by atoms with van der Waals surface area (Å²) in [6.07, 6.45) is 0.882. The first-order chi connectivity index (χ1) is 14.8. The lowest BCUT2D eigenvalue weighted by Crippen LogP contribution is -2.39. The highest BCUT2D eigenvalue weighted by Crippen LogP contribution is 2.34. The second kappa shape index (κ2) is 10.0. The molecule has 1 aliphatic rings. The number of para-hydroxylation sites is 1. The van der Waals surface area contributed by atoms with Crippen molar-refractivity contribution in [2.75, 3.05) is 50.9 Å². The predicted molar refractivity (Wildman–Crippen MR) is 121 cm³/mol. The lowest BCUT2D eigenvalue weighted by Gasteiger charge is -2.27. The Morgan fingerprint density at radius 3 is 2.73 bits per heavy atom. The van der Waals surface area contributed by atoms with Gasteiger partial charge in [-0.3, -0.25) is 14.6 Å². The van der Waals surface area contributed by atoms with Crippen LogP contribution in [0.25, 0.3) is 10.2 Å². The first-order valence-electron chi connectivity index (χ1n) is 10.5. The average Bonchev–Trinajstić information content (AvgIpc) is 3.23. The van der Waals surface area contributed by atoms with E-state index in [9.17, 15) is 4.79 Å². The van der Waals surface area contributed by atoms with Gasteiger partial charge in [-0.25, -0.2) is 4.98 Å². The first kappa shape index (κ1) is 20.8. The number of anilines is 1. The van der Waals surface area contributed by atoms with Crippen LogP contribution in [0.2, 0.25) is 0 Å². The first-order valence-corrected chi connectivity index (χ1v) is 11.3. The zero-order chi connectivity index (χ0) is 20.8. The summed E-state index contributed by atoms with van der Waals surface area (Å²) in [5.41, 5.74) is 1.49. The normalized spacial score (nSPS) is 14.7. The number of morpholine rings is 1. The van der Waals surface area contributed by atoms with Crippen LogP contribution in [0.4, 0.5) is 5.13 Å². The molecule has 3 aromatic rings. The van der Waals surface area contributed by atoms with Gasteiger partial charge in [0.15, 0.2) is 5.13 Å². The van der Waals surface area contributed by atoms with E-state index in [2.05, 4.69) is 4.90 Å². The molecule has 7 heteroatoms. The molecular weight excluding hydrogens is 398 g/mol. The summed E-state index contributed by atoms with van der Waals surface area (Å²) in [5, 5.41) is 0.716. The van der Waals surface area contributed by atoms with Gasteiger partial charge in [-0.2, -0.15) is 0 Å². The fraction of sp³-hybridized carbons (Fsp3) is 0.391. The van der Waals surface area contributed by atoms with Gasteiger partial charge in [-0.1, -0.05) is 35.6 Å². The van der Waals surface area contributed by atoms with Crippen molar-refractivity contribution >= 4 is 32.6 Å². The van der Waals surface area contributed by atoms with Crippen LogP contribution < -0.4 is 9.64 Å². The number of hydrogen-bond donors (Lipinski definition) is 0. The second-order valence-corrected chi connectivity index (χ2v) is 8.17. The SMILES string of the molecule is CCOc1cccc2sc(N(CCCN3CCOCC3)C(=O)c3ccccc3)nc12. The number of hydrogen-bond acceptors (Lipinski definition) is 6. The van der Waals surface area contributed by atoms with E-state index in [0.29, 0.717) is 23.8 Å². The monoisotopic (exact) mass is 425 g/mol. The minimum atomic E-state index is -0.0189. The van der Waals surface area contributed by atoms with Crippen LogP contribution in [-0.4, -0.2) is 61.8 Å². The van der Waals surface area contributed by atoms with E-state index in [1.165, 1.54) is 11.3 Å². The Labute approximate surface area is 181 Å². The highest BCUT2D eigenvalue weighted by atomic mass is 32.1. The van der Waals surface area contributed by atoms with Crippen LogP contribution in [-0.2, 0) is 4.74 Å². The average molecular weight is 426 g/mol. The van der Waals surface area contributed by atoms with Crippen LogP contribution in [0.1, 0.15) is 23.7 Å². The fourth-order valence-electron chi connectivity index (χ4n) is 3.60. The van der Waals surface area contributed by atoms with E-state index < -0.39 is 0 Å². The summed E-state index contributed by atoms with van der Waals surface area (Å²) >= 11 is 1.53. The molecule has 4 rings (SSSR count). The molecule has 1 amide bonds. The minimum Gasteiger partial charge on any atom is -0.492 e. The van der Waals surface area contributed by atoms with Crippen LogP contribution in [0, 0.1) is 0 Å². The number of thiazole rings is 1. The van der Waals surface area contributed by atoms with Gasteiger partial charge in [0.05, 0.1) is 24.5 Å². The quantitative estimate of drug-likeness (QED) is 0.545. The van der Waals surface area contributed by atoms with Gasteiger partial charge in [0.1, 0.15) is 11.3 Å². The number of ether oxygens (including phenoxy) is 2. The third kappa shape index (κ3) is 4.80. The van der Waals surface area contributed by atoms with E-state index in [4.69, 9.17) is 14.5 Å². The summed E-state index contributed by atoms with van der Waals surface area (Å²) in [4.78, 5) is 22.4. The van der Waals surface area contributed by atoms with Gasteiger partial charge >= 0.3 is 0 Å². The molecule has 0 unspecified atom stereocenters. The van der Waals surface area contributed by atoms with Gasteiger partial charge in [0.25, 0.3) is 5.91 Å². The summed E-state index contributed by atoms with van der Waals surface area (Å²) in [6, 6.07) is 15.3. The highest BCUT2D eigenvalue weighted by molar-refractivity contribution is 7.22. The van der Waals surface area contributed by atoms with Gasteiger partial charge in [-0.15, -0.1) is 0 Å². The molecule has 2 aromatic carbocycles. The van der Waals surface area contributed by atoms with Gasteiger partial charge < -0.3 is 9.47 Å². The molecular formula is C23H27N3O3S. The molecule has 0 N–H and O–H groups in total. The van der Waals surface area contributed by atoms with Crippen molar-refractivity contribution in [2.45, 2.75) is 13.3 Å². The van der Waals surface area contributed by atoms with Gasteiger partial charge in [-0.05, 0) is 37.6 Å². The molecule has 1 aliphatic heterocycles. The third-order valence-electron chi connectivity index (χ3n) is 5.13. The van der Waals surface area contributed by atoms with Crippen molar-refractivity contribution in [3.8, 4) is 5.75 Å². The molecule has 1 aromatic heterocycles. The molecule has 0 bridgehead atoms. The molecule has 1 saturated heterocycles. The Bertz CT molecular complexity index is 970. The molecule has 2 heterocycles. The van der Waals surface area contributed by atoms with Gasteiger partial charge in [0, 0.05) is 31.7 Å². The lowest BCUT2D eigenvalue weighted by atomic mass is 10.2. The molecule has 0 atom stereocenters. The van der Waals surface area contributed by atoms with Crippen LogP contribution in [0.3, 0.4) is 0 Å². The van der Waals surface area contributed by atoms with Crippen molar-refractivity contribution in [1.82, 2.24) is 9.88 Å². The molecule has 1 fully saturated rings. The zero-order valence-electron chi connectivity index (χ0n) is 17.3. The Morgan fingerprint density at radius 1 is 1.17 bits per heavy atom. The van der Waals surface area contributed by atoms with E-state index in [-0.39, 0.29) is 5.91 Å². The minimum absolute atomic E-state index is 0.0189. The van der Waals surface area contributed by atoms with Crippen molar-refractivity contribution in [2.24, 2.45) is 0 Å². The topological polar surface area (TPSA) is 54.9 Å². The van der Waals surface area contributed by atoms with E-state index in [1.807, 2.05) is 60.4 Å². The summed E-state index contributed by atoms with van der Waals surface area (Å²) in [6.45, 7) is 7.57. The third-order valence-corrected chi connectivity index (χ3v) is 6.17. The number of fused-ring (bicyclic) bond motifs is 1. The molecule has 0 radical (unpaired) electrons. The Kier molecular flexibility index (Phi) is 6.94. The number of nitrogens with zero attached hydrogens (tertiary/aromatic N) is 3. The zero-order valence-corrected chi connectivity index (χ0v) is 18.1. The van der Waals surface area contributed by atoms with Crippen LogP contribution in [0.5, 0.6) is 5.75 Å². The largest absolute Gasteiger partial charge is 0.492 e. The summed E-state index contributed by atoms with van der Waals surface area (Å²) in [5.74, 6) is 0.743. The summed E-state index contributed by atoms with van der Waals surface area (Å²) in [7, 11) is 0. The number of benzene rings is 2. The fourth-order valence-corrected chi connectivity index (χ4v) is 4.60. The molecule has 158 valence electrons. The van der Waals surface area contributed by atoms with Crippen molar-refractivity contribution in [1.29, 1.82) is 0 Å². The lowest BCUT2D eigenvalue weighted by molar-refractivity contribution is 0.0376. The molecule has 30 heavy (non-hydrogen) atoms. The van der Waals surface area contributed by atoms with E-state index in [1.54, 1.807) is 0 Å². The van der Waals surface area contributed by atoms with Crippen molar-refractivity contribution < 1.29 is 14.3 Å². The number of aromatic nitrogens is 1. The number of carbonyl (C=O) groups excluding carboxylic acids is 1. The van der Waals surface area contributed by atoms with Crippen LogP contribution in [0.15, 0.2) is 48.5 Å². The Morgan fingerprint density at radius 2 is 1.97 bits per heavy atom. The molecule has 0 saturated carbocycles. The number of carbonyl (C=O) groups is 1. The maximum Gasteiger partial charge on any atom is 0.260 e. The van der Waals surface area contributed by atoms with Crippen molar-refractivity contribution in [3.63, 3.8) is 0 Å². The second-order valence-electron chi connectivity index (χ2n) is 7.16.